The van der Waals surface area contributed by atoms with Crippen LogP contribution >= 0.6 is 0 Å². The largest absolute Gasteiger partial charge is 0.324 e. The number of pyridine rings is 1. The molecule has 0 saturated carbocycles. The Labute approximate surface area is 175 Å². The molecule has 0 N–H and O–H groups in total. The SMILES string of the molecule is CCCCCCCC[N+]1(CCCCCCCC)CCC(c2ccncc2)CC1. The van der Waals surface area contributed by atoms with Crippen molar-refractivity contribution in [2.24, 2.45) is 0 Å². The van der Waals surface area contributed by atoms with Crippen LogP contribution in [-0.2, 0) is 0 Å². The quantitative estimate of drug-likeness (QED) is 0.224. The molecule has 0 unspecified atom stereocenters. The van der Waals surface area contributed by atoms with E-state index in [2.05, 4.69) is 31.0 Å². The zero-order chi connectivity index (χ0) is 19.9. The molecule has 0 atom stereocenters. The summed E-state index contributed by atoms with van der Waals surface area (Å²) in [6, 6.07) is 4.48. The second kappa shape index (κ2) is 14.1. The lowest BCUT2D eigenvalue weighted by Gasteiger charge is -2.44. The molecule has 160 valence electrons. The Morgan fingerprint density at radius 1 is 0.714 bits per heavy atom. The van der Waals surface area contributed by atoms with Crippen molar-refractivity contribution in [1.29, 1.82) is 0 Å². The van der Waals surface area contributed by atoms with Crippen molar-refractivity contribution in [2.45, 2.75) is 110 Å². The Morgan fingerprint density at radius 3 is 1.68 bits per heavy atom. The van der Waals surface area contributed by atoms with Gasteiger partial charge in [-0.1, -0.05) is 65.2 Å². The van der Waals surface area contributed by atoms with Gasteiger partial charge in [-0.05, 0) is 49.3 Å². The number of piperidine rings is 1. The van der Waals surface area contributed by atoms with E-state index in [-0.39, 0.29) is 0 Å². The lowest BCUT2D eigenvalue weighted by molar-refractivity contribution is -0.933. The highest BCUT2D eigenvalue weighted by atomic mass is 15.4. The fraction of sp³-hybridized carbons (Fsp3) is 0.808. The zero-order valence-electron chi connectivity index (χ0n) is 19.0. The van der Waals surface area contributed by atoms with E-state index in [1.165, 1.54) is 126 Å². The molecule has 0 amide bonds. The van der Waals surface area contributed by atoms with Gasteiger partial charge in [-0.25, -0.2) is 0 Å². The van der Waals surface area contributed by atoms with E-state index >= 15 is 0 Å². The molecule has 1 saturated heterocycles. The van der Waals surface area contributed by atoms with Gasteiger partial charge in [0.25, 0.3) is 0 Å². The fourth-order valence-electron chi connectivity index (χ4n) is 5.10. The summed E-state index contributed by atoms with van der Waals surface area (Å²) in [5.74, 6) is 0.767. The predicted octanol–water partition coefficient (Wildman–Crippen LogP) is 7.50. The standard InChI is InChI=1S/C26H47N2/c1-3-5-7-9-11-13-21-28(22-14-12-10-8-6-4-2)23-17-26(18-24-28)25-15-19-27-20-16-25/h15-16,19-20,26H,3-14,17-18,21-24H2,1-2H3/q+1. The summed E-state index contributed by atoms with van der Waals surface area (Å²) in [7, 11) is 0. The van der Waals surface area contributed by atoms with Crippen LogP contribution < -0.4 is 0 Å². The van der Waals surface area contributed by atoms with Crippen LogP contribution in [0.1, 0.15) is 115 Å². The number of rotatable bonds is 15. The molecule has 2 heterocycles. The van der Waals surface area contributed by atoms with Gasteiger partial charge in [0.15, 0.2) is 0 Å². The van der Waals surface area contributed by atoms with E-state index in [4.69, 9.17) is 0 Å². The van der Waals surface area contributed by atoms with E-state index < -0.39 is 0 Å². The van der Waals surface area contributed by atoms with Crippen LogP contribution in [0, 0.1) is 0 Å². The van der Waals surface area contributed by atoms with Crippen molar-refractivity contribution in [1.82, 2.24) is 4.98 Å². The van der Waals surface area contributed by atoms with Gasteiger partial charge in [0.05, 0.1) is 26.2 Å². The highest BCUT2D eigenvalue weighted by molar-refractivity contribution is 5.15. The highest BCUT2D eigenvalue weighted by Crippen LogP contribution is 2.32. The van der Waals surface area contributed by atoms with Gasteiger partial charge < -0.3 is 4.48 Å². The maximum absolute atomic E-state index is 4.21. The average molecular weight is 388 g/mol. The lowest BCUT2D eigenvalue weighted by atomic mass is 9.88. The van der Waals surface area contributed by atoms with Crippen LogP contribution in [0.2, 0.25) is 0 Å². The topological polar surface area (TPSA) is 12.9 Å². The Hall–Kier alpha value is -0.890. The maximum Gasteiger partial charge on any atom is 0.0792 e. The van der Waals surface area contributed by atoms with E-state index in [0.717, 1.165) is 5.92 Å². The minimum Gasteiger partial charge on any atom is -0.324 e. The molecule has 2 rings (SSSR count). The van der Waals surface area contributed by atoms with Crippen LogP contribution in [0.3, 0.4) is 0 Å². The second-order valence-corrected chi connectivity index (χ2v) is 9.33. The first-order valence-electron chi connectivity index (χ1n) is 12.5. The fourth-order valence-corrected chi connectivity index (χ4v) is 5.10. The summed E-state index contributed by atoms with van der Waals surface area (Å²) in [5, 5.41) is 0. The number of likely N-dealkylation sites (tertiary alicyclic amines) is 1. The van der Waals surface area contributed by atoms with E-state index in [9.17, 15) is 0 Å². The van der Waals surface area contributed by atoms with Gasteiger partial charge in [0.1, 0.15) is 0 Å². The molecule has 2 heteroatoms. The number of unbranched alkanes of at least 4 members (excludes halogenated alkanes) is 10. The van der Waals surface area contributed by atoms with Crippen LogP contribution in [0.5, 0.6) is 0 Å². The zero-order valence-corrected chi connectivity index (χ0v) is 19.0. The van der Waals surface area contributed by atoms with E-state index in [0.29, 0.717) is 0 Å². The van der Waals surface area contributed by atoms with Gasteiger partial charge in [-0.15, -0.1) is 0 Å². The Morgan fingerprint density at radius 2 is 1.18 bits per heavy atom. The number of quaternary nitrogens is 1. The number of hydrogen-bond donors (Lipinski definition) is 0. The van der Waals surface area contributed by atoms with Gasteiger partial charge in [-0.2, -0.15) is 0 Å². The summed E-state index contributed by atoms with van der Waals surface area (Å²) in [6.07, 6.45) is 23.8. The first-order valence-corrected chi connectivity index (χ1v) is 12.5. The summed E-state index contributed by atoms with van der Waals surface area (Å²) < 4.78 is 1.42. The minimum atomic E-state index is 0.767. The van der Waals surface area contributed by atoms with E-state index in [1.54, 1.807) is 0 Å². The Bertz CT molecular complexity index is 458. The van der Waals surface area contributed by atoms with Crippen LogP contribution in [0.15, 0.2) is 24.5 Å². The molecular weight excluding hydrogens is 340 g/mol. The molecule has 0 aliphatic carbocycles. The van der Waals surface area contributed by atoms with Crippen molar-refractivity contribution in [3.8, 4) is 0 Å². The number of nitrogens with zero attached hydrogens (tertiary/aromatic N) is 2. The molecule has 1 fully saturated rings. The van der Waals surface area contributed by atoms with Crippen molar-refractivity contribution < 1.29 is 4.48 Å². The van der Waals surface area contributed by atoms with Crippen LogP contribution in [0.25, 0.3) is 0 Å². The first kappa shape index (κ1) is 23.4. The summed E-state index contributed by atoms with van der Waals surface area (Å²) in [6.45, 7) is 10.3. The molecule has 0 spiro atoms. The Balaban J connectivity index is 1.79. The molecule has 1 aliphatic heterocycles. The van der Waals surface area contributed by atoms with Crippen LogP contribution in [-0.4, -0.2) is 35.6 Å². The smallest absolute Gasteiger partial charge is 0.0792 e. The lowest BCUT2D eigenvalue weighted by Crippen LogP contribution is -2.53. The maximum atomic E-state index is 4.21. The molecule has 28 heavy (non-hydrogen) atoms. The average Bonchev–Trinajstić information content (AvgIpc) is 2.74. The molecule has 1 aliphatic rings. The van der Waals surface area contributed by atoms with Crippen molar-refractivity contribution in [3.05, 3.63) is 30.1 Å². The molecule has 2 nitrogen and oxygen atoms in total. The third-order valence-electron chi connectivity index (χ3n) is 7.05. The van der Waals surface area contributed by atoms with Gasteiger partial charge in [0.2, 0.25) is 0 Å². The van der Waals surface area contributed by atoms with Crippen molar-refractivity contribution in [2.75, 3.05) is 26.2 Å². The van der Waals surface area contributed by atoms with Gasteiger partial charge in [0, 0.05) is 25.2 Å². The van der Waals surface area contributed by atoms with Gasteiger partial charge in [-0.3, -0.25) is 4.98 Å². The summed E-state index contributed by atoms with van der Waals surface area (Å²) in [5.41, 5.74) is 1.52. The normalized spacial score (nSPS) is 17.1. The third kappa shape index (κ3) is 8.64. The number of hydrogen-bond acceptors (Lipinski definition) is 1. The molecule has 0 radical (unpaired) electrons. The molecule has 1 aromatic rings. The van der Waals surface area contributed by atoms with Gasteiger partial charge >= 0.3 is 0 Å². The Kier molecular flexibility index (Phi) is 11.8. The van der Waals surface area contributed by atoms with Crippen molar-refractivity contribution in [3.63, 3.8) is 0 Å². The minimum absolute atomic E-state index is 0.767. The molecule has 1 aromatic heterocycles. The highest BCUT2D eigenvalue weighted by Gasteiger charge is 2.33. The second-order valence-electron chi connectivity index (χ2n) is 9.33. The summed E-state index contributed by atoms with van der Waals surface area (Å²) >= 11 is 0. The molecule has 0 bridgehead atoms. The van der Waals surface area contributed by atoms with E-state index in [1.807, 2.05) is 12.4 Å². The van der Waals surface area contributed by atoms with Crippen molar-refractivity contribution >= 4 is 0 Å². The molecular formula is C26H47N2+. The first-order chi connectivity index (χ1) is 13.8. The third-order valence-corrected chi connectivity index (χ3v) is 7.05. The monoisotopic (exact) mass is 387 g/mol. The summed E-state index contributed by atoms with van der Waals surface area (Å²) in [4.78, 5) is 4.21. The number of aromatic nitrogens is 1. The molecule has 0 aromatic carbocycles. The predicted molar refractivity (Wildman–Crippen MR) is 123 cm³/mol. The van der Waals surface area contributed by atoms with Crippen LogP contribution in [0.4, 0.5) is 0 Å².